The molecule has 4 nitrogen and oxygen atoms in total. The van der Waals surface area contributed by atoms with Gasteiger partial charge in [0.2, 0.25) is 10.0 Å². The molecule has 0 aliphatic carbocycles. The second kappa shape index (κ2) is 4.45. The van der Waals surface area contributed by atoms with E-state index in [0.29, 0.717) is 0 Å². The maximum Gasteiger partial charge on any atom is 0.415 e. The summed E-state index contributed by atoms with van der Waals surface area (Å²) in [4.78, 5) is 0. The predicted molar refractivity (Wildman–Crippen MR) is 44.1 cm³/mol. The summed E-state index contributed by atoms with van der Waals surface area (Å²) in [5, 5.41) is 7.65. The van der Waals surface area contributed by atoms with Crippen LogP contribution < -0.4 is 4.72 Å². The van der Waals surface area contributed by atoms with E-state index in [4.69, 9.17) is 5.11 Å². The summed E-state index contributed by atoms with van der Waals surface area (Å²) in [7, 11) is -3.76. The average molecular weight is 235 g/mol. The van der Waals surface area contributed by atoms with E-state index in [1.807, 2.05) is 0 Å². The van der Waals surface area contributed by atoms with E-state index >= 15 is 0 Å². The number of sulfonamides is 1. The Morgan fingerprint density at radius 2 is 1.79 bits per heavy atom. The monoisotopic (exact) mass is 235 g/mol. The summed E-state index contributed by atoms with van der Waals surface area (Å²) in [6, 6.07) is 0. The topological polar surface area (TPSA) is 66.4 Å². The molecule has 1 atom stereocenters. The molecule has 0 saturated heterocycles. The third-order valence-electron chi connectivity index (χ3n) is 1.48. The van der Waals surface area contributed by atoms with E-state index in [2.05, 4.69) is 0 Å². The number of alkyl halides is 3. The predicted octanol–water partition coefficient (Wildman–Crippen LogP) is 0.237. The first-order valence-corrected chi connectivity index (χ1v) is 5.35. The van der Waals surface area contributed by atoms with Crippen LogP contribution in [0, 0.1) is 0 Å². The number of hydrogen-bond acceptors (Lipinski definition) is 3. The number of nitrogens with one attached hydrogen (secondary N) is 1. The number of hydrogen-bond donors (Lipinski definition) is 2. The minimum absolute atomic E-state index is 0.831. The minimum atomic E-state index is -4.81. The third kappa shape index (κ3) is 4.25. The van der Waals surface area contributed by atoms with Crippen LogP contribution in [0.2, 0.25) is 0 Å². The van der Waals surface area contributed by atoms with Crippen LogP contribution in [0.1, 0.15) is 13.8 Å². The molecule has 0 saturated carbocycles. The number of rotatable bonds is 4. The lowest BCUT2D eigenvalue weighted by molar-refractivity contribution is -0.200. The zero-order chi connectivity index (χ0) is 11.6. The zero-order valence-corrected chi connectivity index (χ0v) is 8.48. The highest BCUT2D eigenvalue weighted by atomic mass is 32.2. The molecule has 86 valence electrons. The SMILES string of the molecule is CC(C)S(=O)(=O)NCC(O)C(F)(F)F. The molecule has 0 bridgehead atoms. The van der Waals surface area contributed by atoms with Crippen LogP contribution in [0.3, 0.4) is 0 Å². The fourth-order valence-electron chi connectivity index (χ4n) is 0.477. The average Bonchev–Trinajstić information content (AvgIpc) is 1.98. The Morgan fingerprint density at radius 1 is 1.36 bits per heavy atom. The highest BCUT2D eigenvalue weighted by molar-refractivity contribution is 7.90. The van der Waals surface area contributed by atoms with Gasteiger partial charge in [0.1, 0.15) is 0 Å². The molecule has 0 aromatic carbocycles. The van der Waals surface area contributed by atoms with Crippen LogP contribution >= 0.6 is 0 Å². The van der Waals surface area contributed by atoms with Crippen LogP contribution in [-0.2, 0) is 10.0 Å². The molecule has 0 aromatic heterocycles. The van der Waals surface area contributed by atoms with Crippen molar-refractivity contribution in [2.45, 2.75) is 31.4 Å². The molecule has 0 aliphatic rings. The summed E-state index contributed by atoms with van der Waals surface area (Å²) in [5.41, 5.74) is 0. The Morgan fingerprint density at radius 3 is 2.07 bits per heavy atom. The summed E-state index contributed by atoms with van der Waals surface area (Å²) in [5.74, 6) is 0. The number of aliphatic hydroxyl groups excluding tert-OH is 1. The smallest absolute Gasteiger partial charge is 0.382 e. The first-order valence-electron chi connectivity index (χ1n) is 3.80. The third-order valence-corrected chi connectivity index (χ3v) is 3.29. The molecule has 14 heavy (non-hydrogen) atoms. The highest BCUT2D eigenvalue weighted by Gasteiger charge is 2.38. The molecular weight excluding hydrogens is 223 g/mol. The highest BCUT2D eigenvalue weighted by Crippen LogP contribution is 2.19. The Hall–Kier alpha value is -0.340. The van der Waals surface area contributed by atoms with Crippen LogP contribution in [-0.4, -0.2) is 37.6 Å². The van der Waals surface area contributed by atoms with Crippen LogP contribution in [0.4, 0.5) is 13.2 Å². The van der Waals surface area contributed by atoms with Crippen molar-refractivity contribution in [3.63, 3.8) is 0 Å². The molecule has 0 rings (SSSR count). The Balaban J connectivity index is 4.22. The molecule has 0 aliphatic heterocycles. The molecule has 0 heterocycles. The summed E-state index contributed by atoms with van der Waals surface area (Å²) >= 11 is 0. The molecule has 0 amide bonds. The normalized spacial score (nSPS) is 15.9. The minimum Gasteiger partial charge on any atom is -0.382 e. The summed E-state index contributed by atoms with van der Waals surface area (Å²) < 4.78 is 58.8. The molecule has 0 aromatic rings. The van der Waals surface area contributed by atoms with Gasteiger partial charge < -0.3 is 5.11 Å². The van der Waals surface area contributed by atoms with E-state index < -0.39 is 34.1 Å². The Kier molecular flexibility index (Phi) is 4.34. The molecule has 0 fully saturated rings. The molecule has 0 spiro atoms. The molecule has 2 N–H and O–H groups in total. The van der Waals surface area contributed by atoms with Gasteiger partial charge in [-0.15, -0.1) is 0 Å². The molecule has 1 unspecified atom stereocenters. The van der Waals surface area contributed by atoms with E-state index in [1.54, 1.807) is 4.72 Å². The van der Waals surface area contributed by atoms with E-state index in [9.17, 15) is 21.6 Å². The van der Waals surface area contributed by atoms with Gasteiger partial charge in [0.25, 0.3) is 0 Å². The van der Waals surface area contributed by atoms with Crippen LogP contribution in [0.15, 0.2) is 0 Å². The summed E-state index contributed by atoms with van der Waals surface area (Å²) in [6.45, 7) is 1.59. The lowest BCUT2D eigenvalue weighted by Crippen LogP contribution is -2.42. The maximum atomic E-state index is 11.7. The Bertz CT molecular complexity index is 273. The van der Waals surface area contributed by atoms with Gasteiger partial charge in [-0.05, 0) is 13.8 Å². The largest absolute Gasteiger partial charge is 0.415 e. The van der Waals surface area contributed by atoms with Crippen LogP contribution in [0.25, 0.3) is 0 Å². The van der Waals surface area contributed by atoms with Gasteiger partial charge >= 0.3 is 6.18 Å². The van der Waals surface area contributed by atoms with Gasteiger partial charge in [-0.3, -0.25) is 0 Å². The Labute approximate surface area is 80.2 Å². The van der Waals surface area contributed by atoms with Crippen molar-refractivity contribution in [2.24, 2.45) is 0 Å². The van der Waals surface area contributed by atoms with Gasteiger partial charge in [-0.1, -0.05) is 0 Å². The van der Waals surface area contributed by atoms with Gasteiger partial charge in [0, 0.05) is 6.54 Å². The standard InChI is InChI=1S/C6H12F3NO3S/c1-4(2)14(12,13)10-3-5(11)6(7,8)9/h4-5,10-11H,3H2,1-2H3. The van der Waals surface area contributed by atoms with Crippen molar-refractivity contribution in [1.29, 1.82) is 0 Å². The molecule has 8 heteroatoms. The number of halogens is 3. The van der Waals surface area contributed by atoms with Crippen molar-refractivity contribution in [3.8, 4) is 0 Å². The number of aliphatic hydroxyl groups is 1. The van der Waals surface area contributed by atoms with E-state index in [0.717, 1.165) is 0 Å². The fraction of sp³-hybridized carbons (Fsp3) is 1.00. The quantitative estimate of drug-likeness (QED) is 0.733. The van der Waals surface area contributed by atoms with Gasteiger partial charge in [-0.2, -0.15) is 13.2 Å². The van der Waals surface area contributed by atoms with Crippen molar-refractivity contribution in [2.75, 3.05) is 6.54 Å². The fourth-order valence-corrected chi connectivity index (χ4v) is 1.20. The van der Waals surface area contributed by atoms with Crippen LogP contribution in [0.5, 0.6) is 0 Å². The second-order valence-electron chi connectivity index (χ2n) is 3.00. The lowest BCUT2D eigenvalue weighted by atomic mass is 10.4. The first-order chi connectivity index (χ1) is 6.07. The van der Waals surface area contributed by atoms with Gasteiger partial charge in [0.05, 0.1) is 5.25 Å². The van der Waals surface area contributed by atoms with Crippen molar-refractivity contribution < 1.29 is 26.7 Å². The van der Waals surface area contributed by atoms with Crippen molar-refractivity contribution >= 4 is 10.0 Å². The van der Waals surface area contributed by atoms with Crippen molar-refractivity contribution in [1.82, 2.24) is 4.72 Å². The van der Waals surface area contributed by atoms with Gasteiger partial charge in [0.15, 0.2) is 6.10 Å². The van der Waals surface area contributed by atoms with E-state index in [1.165, 1.54) is 13.8 Å². The van der Waals surface area contributed by atoms with Crippen molar-refractivity contribution in [3.05, 3.63) is 0 Å². The molecule has 0 radical (unpaired) electrons. The van der Waals surface area contributed by atoms with Gasteiger partial charge in [-0.25, -0.2) is 13.1 Å². The molecular formula is C6H12F3NO3S. The second-order valence-corrected chi connectivity index (χ2v) is 5.32. The lowest BCUT2D eigenvalue weighted by Gasteiger charge is -2.16. The maximum absolute atomic E-state index is 11.7. The van der Waals surface area contributed by atoms with E-state index in [-0.39, 0.29) is 0 Å². The first kappa shape index (κ1) is 13.7. The zero-order valence-electron chi connectivity index (χ0n) is 7.67. The summed E-state index contributed by atoms with van der Waals surface area (Å²) in [6.07, 6.45) is -7.48.